The third-order valence-corrected chi connectivity index (χ3v) is 8.26. The van der Waals surface area contributed by atoms with Crippen LogP contribution < -0.4 is 0 Å². The molecule has 0 aliphatic carbocycles. The largest absolute Gasteiger partial charge is 0.0616 e. The monoisotopic (exact) mass is 506 g/mol. The first-order valence-electron chi connectivity index (χ1n) is 13.9. The van der Waals surface area contributed by atoms with Gasteiger partial charge in [0.25, 0.3) is 0 Å². The Bertz CT molecular complexity index is 2200. The van der Waals surface area contributed by atoms with Gasteiger partial charge in [0, 0.05) is 0 Å². The molecule has 8 aromatic rings. The molecule has 0 heterocycles. The predicted octanol–water partition coefficient (Wildman–Crippen LogP) is 11.3. The Morgan fingerprint density at radius 3 is 1.52 bits per heavy atom. The van der Waals surface area contributed by atoms with E-state index in [1.165, 1.54) is 76.5 Å². The first-order chi connectivity index (χ1) is 19.8. The Morgan fingerprint density at radius 1 is 0.225 bits per heavy atom. The van der Waals surface area contributed by atoms with Gasteiger partial charge in [-0.15, -0.1) is 0 Å². The zero-order chi connectivity index (χ0) is 26.5. The van der Waals surface area contributed by atoms with Crippen LogP contribution >= 0.6 is 0 Å². The van der Waals surface area contributed by atoms with Crippen molar-refractivity contribution in [1.82, 2.24) is 0 Å². The highest BCUT2D eigenvalue weighted by Gasteiger charge is 2.13. The molecule has 0 aromatic heterocycles. The number of hydrogen-bond acceptors (Lipinski definition) is 0. The molecule has 0 nitrogen and oxygen atoms in total. The molecule has 0 atom stereocenters. The number of rotatable bonds is 3. The van der Waals surface area contributed by atoms with Gasteiger partial charge in [-0.05, 0) is 88.6 Å². The van der Waals surface area contributed by atoms with Crippen molar-refractivity contribution >= 4 is 43.1 Å². The second kappa shape index (κ2) is 9.22. The summed E-state index contributed by atoms with van der Waals surface area (Å²) in [5.41, 5.74) is 7.48. The summed E-state index contributed by atoms with van der Waals surface area (Å²) in [6.07, 6.45) is 0. The summed E-state index contributed by atoms with van der Waals surface area (Å²) in [7, 11) is 0. The van der Waals surface area contributed by atoms with E-state index in [2.05, 4.69) is 158 Å². The average molecular weight is 507 g/mol. The maximum absolute atomic E-state index is 2.35. The summed E-state index contributed by atoms with van der Waals surface area (Å²) in [6, 6.07) is 57.5. The molecular weight excluding hydrogens is 480 g/mol. The van der Waals surface area contributed by atoms with E-state index in [0.717, 1.165) is 0 Å². The van der Waals surface area contributed by atoms with E-state index >= 15 is 0 Å². The molecule has 8 aromatic carbocycles. The highest BCUT2D eigenvalue weighted by Crippen LogP contribution is 2.40. The van der Waals surface area contributed by atoms with Crippen molar-refractivity contribution in [3.8, 4) is 33.4 Å². The van der Waals surface area contributed by atoms with Gasteiger partial charge in [0.15, 0.2) is 0 Å². The molecule has 0 amide bonds. The van der Waals surface area contributed by atoms with Crippen LogP contribution in [0.1, 0.15) is 0 Å². The lowest BCUT2D eigenvalue weighted by molar-refractivity contribution is 1.59. The lowest BCUT2D eigenvalue weighted by Gasteiger charge is -2.15. The molecule has 0 unspecified atom stereocenters. The number of benzene rings is 8. The molecular formula is C40H26. The number of fused-ring (bicyclic) bond motifs is 6. The predicted molar refractivity (Wildman–Crippen MR) is 173 cm³/mol. The second-order valence-electron chi connectivity index (χ2n) is 10.5. The van der Waals surface area contributed by atoms with Crippen LogP contribution in [0.25, 0.3) is 76.5 Å². The summed E-state index contributed by atoms with van der Waals surface area (Å²) >= 11 is 0. The molecule has 40 heavy (non-hydrogen) atoms. The smallest absolute Gasteiger partial charge is 0.00928 e. The molecule has 8 rings (SSSR count). The lowest BCUT2D eigenvalue weighted by atomic mass is 9.88. The van der Waals surface area contributed by atoms with Crippen LogP contribution in [0.4, 0.5) is 0 Å². The highest BCUT2D eigenvalue weighted by atomic mass is 14.2. The topological polar surface area (TPSA) is 0 Å². The van der Waals surface area contributed by atoms with Gasteiger partial charge in [0.05, 0.1) is 0 Å². The van der Waals surface area contributed by atoms with Crippen molar-refractivity contribution in [1.29, 1.82) is 0 Å². The molecule has 186 valence electrons. The van der Waals surface area contributed by atoms with E-state index in [9.17, 15) is 0 Å². The van der Waals surface area contributed by atoms with E-state index in [1.807, 2.05) is 0 Å². The van der Waals surface area contributed by atoms with E-state index in [0.29, 0.717) is 0 Å². The molecule has 0 heteroatoms. The number of hydrogen-bond donors (Lipinski definition) is 0. The molecule has 0 spiro atoms. The molecule has 0 saturated heterocycles. The van der Waals surface area contributed by atoms with Crippen molar-refractivity contribution in [3.05, 3.63) is 158 Å². The minimum absolute atomic E-state index is 1.23. The fourth-order valence-electron chi connectivity index (χ4n) is 6.28. The normalized spacial score (nSPS) is 11.5. The summed E-state index contributed by atoms with van der Waals surface area (Å²) in [5.74, 6) is 0. The first-order valence-corrected chi connectivity index (χ1v) is 13.9. The fraction of sp³-hybridized carbons (Fsp3) is 0. The van der Waals surface area contributed by atoms with E-state index in [-0.39, 0.29) is 0 Å². The van der Waals surface area contributed by atoms with Gasteiger partial charge in [-0.1, -0.05) is 146 Å². The average Bonchev–Trinajstić information content (AvgIpc) is 3.04. The Labute approximate surface area is 233 Å². The summed E-state index contributed by atoms with van der Waals surface area (Å²) in [6.45, 7) is 0. The molecule has 0 aliphatic heterocycles. The van der Waals surface area contributed by atoms with Crippen LogP contribution in [0.15, 0.2) is 158 Å². The van der Waals surface area contributed by atoms with Gasteiger partial charge < -0.3 is 0 Å². The van der Waals surface area contributed by atoms with Crippen molar-refractivity contribution in [2.45, 2.75) is 0 Å². The summed E-state index contributed by atoms with van der Waals surface area (Å²) in [5, 5.41) is 10.3. The molecule has 0 radical (unpaired) electrons. The zero-order valence-electron chi connectivity index (χ0n) is 22.0. The Hall–Kier alpha value is -5.20. The second-order valence-corrected chi connectivity index (χ2v) is 10.5. The highest BCUT2D eigenvalue weighted by molar-refractivity contribution is 6.15. The molecule has 0 aliphatic rings. The summed E-state index contributed by atoms with van der Waals surface area (Å²) < 4.78 is 0. The molecule has 0 fully saturated rings. The van der Waals surface area contributed by atoms with Gasteiger partial charge in [-0.25, -0.2) is 0 Å². The maximum atomic E-state index is 2.35. The van der Waals surface area contributed by atoms with Gasteiger partial charge in [0.2, 0.25) is 0 Å². The van der Waals surface area contributed by atoms with E-state index < -0.39 is 0 Å². The van der Waals surface area contributed by atoms with Crippen LogP contribution in [0.2, 0.25) is 0 Å². The minimum Gasteiger partial charge on any atom is -0.0616 e. The molecule has 0 saturated carbocycles. The van der Waals surface area contributed by atoms with E-state index in [1.54, 1.807) is 0 Å². The van der Waals surface area contributed by atoms with Crippen molar-refractivity contribution in [3.63, 3.8) is 0 Å². The van der Waals surface area contributed by atoms with Crippen LogP contribution in [0.5, 0.6) is 0 Å². The van der Waals surface area contributed by atoms with Crippen LogP contribution in [-0.4, -0.2) is 0 Å². The van der Waals surface area contributed by atoms with Crippen LogP contribution in [0.3, 0.4) is 0 Å². The van der Waals surface area contributed by atoms with E-state index in [4.69, 9.17) is 0 Å². The lowest BCUT2D eigenvalue weighted by Crippen LogP contribution is -1.89. The molecule has 0 N–H and O–H groups in total. The van der Waals surface area contributed by atoms with Gasteiger partial charge in [0.1, 0.15) is 0 Å². The van der Waals surface area contributed by atoms with Crippen molar-refractivity contribution in [2.24, 2.45) is 0 Å². The fourth-order valence-corrected chi connectivity index (χ4v) is 6.28. The SMILES string of the molecule is c1ccc(-c2cc3ccccc3c3ccccc23)c(-c2ccc(-c3ccc4c(ccc5ccccc54)c3)cc2)c1. The van der Waals surface area contributed by atoms with Gasteiger partial charge >= 0.3 is 0 Å². The van der Waals surface area contributed by atoms with Crippen LogP contribution in [-0.2, 0) is 0 Å². The Kier molecular flexibility index (Phi) is 5.24. The van der Waals surface area contributed by atoms with Gasteiger partial charge in [-0.2, -0.15) is 0 Å². The zero-order valence-corrected chi connectivity index (χ0v) is 22.0. The molecule has 0 bridgehead atoms. The van der Waals surface area contributed by atoms with Gasteiger partial charge in [-0.3, -0.25) is 0 Å². The van der Waals surface area contributed by atoms with Crippen LogP contribution in [0, 0.1) is 0 Å². The maximum Gasteiger partial charge on any atom is -0.00928 e. The quantitative estimate of drug-likeness (QED) is 0.209. The standard InChI is InChI=1S/C40H26/c1-3-11-33-28(9-1)21-22-32-25-30(23-24-36(32)33)27-17-19-29(20-18-27)34-12-5-6-15-38(34)40-26-31-10-2-4-13-35(31)37-14-7-8-16-39(37)40/h1-26H. The third kappa shape index (κ3) is 3.69. The minimum atomic E-state index is 1.23. The Balaban J connectivity index is 1.23. The summed E-state index contributed by atoms with van der Waals surface area (Å²) in [4.78, 5) is 0. The third-order valence-electron chi connectivity index (χ3n) is 8.26. The van der Waals surface area contributed by atoms with Crippen molar-refractivity contribution in [2.75, 3.05) is 0 Å². The van der Waals surface area contributed by atoms with Crippen molar-refractivity contribution < 1.29 is 0 Å². The first kappa shape index (κ1) is 22.8. The Morgan fingerprint density at radius 2 is 0.725 bits per heavy atom.